The van der Waals surface area contributed by atoms with Gasteiger partial charge in [0, 0.05) is 11.5 Å². The van der Waals surface area contributed by atoms with Crippen LogP contribution in [0.4, 0.5) is 0 Å². The lowest BCUT2D eigenvalue weighted by molar-refractivity contribution is 0.909. The zero-order valence-electron chi connectivity index (χ0n) is 7.37. The number of rotatable bonds is 9. The summed E-state index contributed by atoms with van der Waals surface area (Å²) in [7, 11) is 4.00. The van der Waals surface area contributed by atoms with Crippen molar-refractivity contribution < 1.29 is 0 Å². The normalized spacial score (nSPS) is 10.5. The van der Waals surface area contributed by atoms with Crippen molar-refractivity contribution in [3.63, 3.8) is 0 Å². The minimum atomic E-state index is 1.03. The molecule has 0 spiro atoms. The smallest absolute Gasteiger partial charge is 0.00372 e. The standard InChI is InChI=1S/C8H18S4/c9-5-1-3-7-11-12-8-4-2-6-10/h9-10H,1-8H2. The molecule has 0 radical (unpaired) electrons. The highest BCUT2D eigenvalue weighted by molar-refractivity contribution is 8.76. The van der Waals surface area contributed by atoms with Gasteiger partial charge in [0.15, 0.2) is 0 Å². The molecule has 0 rings (SSSR count). The summed E-state index contributed by atoms with van der Waals surface area (Å²) >= 11 is 8.33. The molecule has 0 bridgehead atoms. The van der Waals surface area contributed by atoms with Gasteiger partial charge in [-0.1, -0.05) is 21.6 Å². The van der Waals surface area contributed by atoms with Crippen molar-refractivity contribution >= 4 is 46.8 Å². The third kappa shape index (κ3) is 11.4. The molecule has 0 atom stereocenters. The fourth-order valence-corrected chi connectivity index (χ4v) is 3.40. The second-order valence-corrected chi connectivity index (χ2v) is 6.10. The molecule has 0 nitrogen and oxygen atoms in total. The molecule has 0 aromatic rings. The fourth-order valence-electron chi connectivity index (χ4n) is 0.663. The van der Waals surface area contributed by atoms with Crippen LogP contribution in [0.25, 0.3) is 0 Å². The first-order valence-electron chi connectivity index (χ1n) is 4.38. The van der Waals surface area contributed by atoms with Crippen molar-refractivity contribution in [2.75, 3.05) is 23.0 Å². The van der Waals surface area contributed by atoms with Crippen LogP contribution in [0.3, 0.4) is 0 Å². The van der Waals surface area contributed by atoms with E-state index in [9.17, 15) is 0 Å². The average Bonchev–Trinajstić information content (AvgIpc) is 2.10. The van der Waals surface area contributed by atoms with E-state index in [1.54, 1.807) is 0 Å². The van der Waals surface area contributed by atoms with Gasteiger partial charge in [-0.3, -0.25) is 0 Å². The van der Waals surface area contributed by atoms with Gasteiger partial charge in [0.2, 0.25) is 0 Å². The highest BCUT2D eigenvalue weighted by atomic mass is 33.1. The molecule has 0 fully saturated rings. The second-order valence-electron chi connectivity index (χ2n) is 2.51. The largest absolute Gasteiger partial charge is 0.179 e. The highest BCUT2D eigenvalue weighted by Crippen LogP contribution is 2.23. The molecule has 0 aromatic heterocycles. The van der Waals surface area contributed by atoms with E-state index in [1.807, 2.05) is 21.6 Å². The van der Waals surface area contributed by atoms with Crippen LogP contribution < -0.4 is 0 Å². The van der Waals surface area contributed by atoms with E-state index in [4.69, 9.17) is 0 Å². The topological polar surface area (TPSA) is 0 Å². The maximum absolute atomic E-state index is 4.17. The molecule has 0 heterocycles. The molecule has 12 heavy (non-hydrogen) atoms. The maximum Gasteiger partial charge on any atom is 0.00372 e. The van der Waals surface area contributed by atoms with Crippen LogP contribution in [0.15, 0.2) is 0 Å². The zero-order valence-corrected chi connectivity index (χ0v) is 10.8. The lowest BCUT2D eigenvalue weighted by Gasteiger charge is -1.99. The molecule has 0 amide bonds. The third-order valence-corrected chi connectivity index (χ3v) is 4.56. The predicted molar refractivity (Wildman–Crippen MR) is 71.1 cm³/mol. The molecule has 0 saturated carbocycles. The Morgan fingerprint density at radius 1 is 0.667 bits per heavy atom. The molecule has 4 heteroatoms. The highest BCUT2D eigenvalue weighted by Gasteiger charge is 1.90. The molecule has 0 aromatic carbocycles. The summed E-state index contributed by atoms with van der Waals surface area (Å²) in [5.74, 6) is 4.63. The van der Waals surface area contributed by atoms with E-state index < -0.39 is 0 Å². The summed E-state index contributed by atoms with van der Waals surface area (Å²) in [5, 5.41) is 0. The molecule has 0 aliphatic heterocycles. The van der Waals surface area contributed by atoms with Crippen molar-refractivity contribution in [2.24, 2.45) is 0 Å². The molecule has 0 aliphatic carbocycles. The Hall–Kier alpha value is 1.40. The summed E-state index contributed by atoms with van der Waals surface area (Å²) in [6.45, 7) is 0. The van der Waals surface area contributed by atoms with Gasteiger partial charge in [0.25, 0.3) is 0 Å². The number of hydrogen-bond acceptors (Lipinski definition) is 4. The number of thiol groups is 2. The Morgan fingerprint density at radius 3 is 1.42 bits per heavy atom. The van der Waals surface area contributed by atoms with Gasteiger partial charge in [-0.15, -0.1) is 0 Å². The maximum atomic E-state index is 4.17. The average molecular weight is 242 g/mol. The number of hydrogen-bond donors (Lipinski definition) is 2. The van der Waals surface area contributed by atoms with E-state index >= 15 is 0 Å². The summed E-state index contributed by atoms with van der Waals surface area (Å²) < 4.78 is 0. The molecule has 0 N–H and O–H groups in total. The summed E-state index contributed by atoms with van der Waals surface area (Å²) in [4.78, 5) is 0. The van der Waals surface area contributed by atoms with E-state index in [0.717, 1.165) is 11.5 Å². The van der Waals surface area contributed by atoms with Crippen LogP contribution in [0.5, 0.6) is 0 Å². The van der Waals surface area contributed by atoms with Crippen LogP contribution in [0.1, 0.15) is 25.7 Å². The summed E-state index contributed by atoms with van der Waals surface area (Å²) in [6, 6.07) is 0. The Labute approximate surface area is 95.3 Å². The molecule has 0 unspecified atom stereocenters. The van der Waals surface area contributed by atoms with Crippen LogP contribution in [-0.4, -0.2) is 23.0 Å². The van der Waals surface area contributed by atoms with Gasteiger partial charge in [0.05, 0.1) is 0 Å². The molecule has 0 aliphatic rings. The quantitative estimate of drug-likeness (QED) is 0.359. The number of unbranched alkanes of at least 4 members (excludes halogenated alkanes) is 2. The zero-order chi connectivity index (χ0) is 9.07. The van der Waals surface area contributed by atoms with Crippen LogP contribution in [0.2, 0.25) is 0 Å². The van der Waals surface area contributed by atoms with Gasteiger partial charge in [-0.2, -0.15) is 25.3 Å². The SMILES string of the molecule is SCCCCSSCCCCS. The van der Waals surface area contributed by atoms with Crippen molar-refractivity contribution in [1.82, 2.24) is 0 Å². The third-order valence-electron chi connectivity index (χ3n) is 1.35. The van der Waals surface area contributed by atoms with Crippen LogP contribution in [0, 0.1) is 0 Å². The molecule has 0 saturated heterocycles. The predicted octanol–water partition coefficient (Wildman–Crippen LogP) is 3.79. The minimum absolute atomic E-state index is 1.03. The van der Waals surface area contributed by atoms with E-state index in [1.165, 1.54) is 37.2 Å². The molecular formula is C8H18S4. The Bertz CT molecular complexity index is 67.5. The van der Waals surface area contributed by atoms with Crippen LogP contribution >= 0.6 is 46.8 Å². The first-order valence-corrected chi connectivity index (χ1v) is 8.13. The first kappa shape index (κ1) is 13.4. The minimum Gasteiger partial charge on any atom is -0.179 e. The Balaban J connectivity index is 2.73. The van der Waals surface area contributed by atoms with Crippen molar-refractivity contribution in [3.8, 4) is 0 Å². The van der Waals surface area contributed by atoms with E-state index in [-0.39, 0.29) is 0 Å². The van der Waals surface area contributed by atoms with Gasteiger partial charge in [-0.25, -0.2) is 0 Å². The monoisotopic (exact) mass is 242 g/mol. The second kappa shape index (κ2) is 12.4. The Kier molecular flexibility index (Phi) is 13.8. The van der Waals surface area contributed by atoms with Gasteiger partial charge < -0.3 is 0 Å². The molecular weight excluding hydrogens is 224 g/mol. The van der Waals surface area contributed by atoms with E-state index in [0.29, 0.717) is 0 Å². The van der Waals surface area contributed by atoms with Crippen LogP contribution in [-0.2, 0) is 0 Å². The van der Waals surface area contributed by atoms with Crippen molar-refractivity contribution in [2.45, 2.75) is 25.7 Å². The molecule has 74 valence electrons. The lowest BCUT2D eigenvalue weighted by atomic mass is 10.4. The van der Waals surface area contributed by atoms with Gasteiger partial charge in [-0.05, 0) is 37.2 Å². The lowest BCUT2D eigenvalue weighted by Crippen LogP contribution is -1.82. The van der Waals surface area contributed by atoms with Crippen molar-refractivity contribution in [3.05, 3.63) is 0 Å². The fraction of sp³-hybridized carbons (Fsp3) is 1.00. The van der Waals surface area contributed by atoms with Gasteiger partial charge >= 0.3 is 0 Å². The Morgan fingerprint density at radius 2 is 1.08 bits per heavy atom. The first-order chi connectivity index (χ1) is 5.91. The van der Waals surface area contributed by atoms with E-state index in [2.05, 4.69) is 25.3 Å². The summed E-state index contributed by atoms with van der Waals surface area (Å²) in [5.41, 5.74) is 0. The van der Waals surface area contributed by atoms with Gasteiger partial charge in [0.1, 0.15) is 0 Å². The summed E-state index contributed by atoms with van der Waals surface area (Å²) in [6.07, 6.45) is 5.14. The van der Waals surface area contributed by atoms with Crippen molar-refractivity contribution in [1.29, 1.82) is 0 Å².